The monoisotopic (exact) mass is 292 g/mol. The lowest BCUT2D eigenvalue weighted by atomic mass is 9.94. The predicted molar refractivity (Wildman–Crippen MR) is 87.7 cm³/mol. The molecule has 0 radical (unpaired) electrons. The molecule has 1 unspecified atom stereocenters. The highest BCUT2D eigenvalue weighted by molar-refractivity contribution is 5.89. The third kappa shape index (κ3) is 5.38. The fraction of sp³-hybridized carbons (Fsp3) is 0.588. The Bertz CT molecular complexity index is 504. The van der Waals surface area contributed by atoms with Crippen LogP contribution in [-0.2, 0) is 11.3 Å². The molecule has 0 aliphatic rings. The Kier molecular flexibility index (Phi) is 5.78. The minimum absolute atomic E-state index is 0.0347. The van der Waals surface area contributed by atoms with Gasteiger partial charge in [0.15, 0.2) is 0 Å². The van der Waals surface area contributed by atoms with Crippen LogP contribution in [0.2, 0.25) is 0 Å². The highest BCUT2D eigenvalue weighted by Gasteiger charge is 2.17. The maximum atomic E-state index is 11.3. The topological polar surface area (TPSA) is 61.4 Å². The van der Waals surface area contributed by atoms with E-state index in [1.807, 2.05) is 12.1 Å². The van der Waals surface area contributed by atoms with E-state index >= 15 is 0 Å². The first-order valence-electron chi connectivity index (χ1n) is 7.52. The van der Waals surface area contributed by atoms with E-state index in [0.29, 0.717) is 12.3 Å². The van der Waals surface area contributed by atoms with Gasteiger partial charge in [0.1, 0.15) is 5.75 Å². The summed E-state index contributed by atoms with van der Waals surface area (Å²) < 4.78 is 0. The predicted octanol–water partition coefficient (Wildman–Crippen LogP) is 3.75. The number of carbonyl (C=O) groups is 1. The summed E-state index contributed by atoms with van der Waals surface area (Å²) in [5.41, 5.74) is 2.40. The molecule has 1 aromatic carbocycles. The maximum absolute atomic E-state index is 11.3. The van der Waals surface area contributed by atoms with Crippen molar-refractivity contribution >= 4 is 11.6 Å². The number of nitrogens with one attached hydrogen (secondary N) is 2. The van der Waals surface area contributed by atoms with Gasteiger partial charge in [-0.2, -0.15) is 0 Å². The molecule has 1 amide bonds. The van der Waals surface area contributed by atoms with Crippen LogP contribution >= 0.6 is 0 Å². The van der Waals surface area contributed by atoms with Crippen molar-refractivity contribution in [2.75, 3.05) is 5.32 Å². The van der Waals surface area contributed by atoms with Crippen molar-refractivity contribution in [2.45, 2.75) is 66.0 Å². The van der Waals surface area contributed by atoms with Crippen LogP contribution in [0, 0.1) is 0 Å². The fourth-order valence-corrected chi connectivity index (χ4v) is 2.09. The second-order valence-electron chi connectivity index (χ2n) is 6.67. The number of hydrogen-bond donors (Lipinski definition) is 3. The second-order valence-corrected chi connectivity index (χ2v) is 6.67. The van der Waals surface area contributed by atoms with Gasteiger partial charge in [0.05, 0.1) is 0 Å². The molecule has 0 bridgehead atoms. The van der Waals surface area contributed by atoms with Gasteiger partial charge >= 0.3 is 0 Å². The number of amides is 1. The number of benzene rings is 1. The molecule has 118 valence electrons. The van der Waals surface area contributed by atoms with E-state index in [1.54, 1.807) is 0 Å². The molecule has 1 atom stereocenters. The van der Waals surface area contributed by atoms with Crippen LogP contribution in [0.4, 0.5) is 5.69 Å². The zero-order valence-corrected chi connectivity index (χ0v) is 14.0. The Morgan fingerprint density at radius 1 is 1.33 bits per heavy atom. The second kappa shape index (κ2) is 6.94. The molecule has 0 saturated heterocycles. The van der Waals surface area contributed by atoms with Gasteiger partial charge in [0.25, 0.3) is 0 Å². The van der Waals surface area contributed by atoms with Crippen LogP contribution in [-0.4, -0.2) is 16.6 Å². The molecule has 4 heteroatoms. The molecule has 1 rings (SSSR count). The van der Waals surface area contributed by atoms with E-state index in [1.165, 1.54) is 6.92 Å². The van der Waals surface area contributed by atoms with Gasteiger partial charge in [-0.05, 0) is 50.8 Å². The van der Waals surface area contributed by atoms with Crippen LogP contribution in [0.1, 0.15) is 65.0 Å². The van der Waals surface area contributed by atoms with E-state index in [4.69, 9.17) is 0 Å². The summed E-state index contributed by atoms with van der Waals surface area (Å²) in [4.78, 5) is 11.3. The molecular weight excluding hydrogens is 264 g/mol. The zero-order chi connectivity index (χ0) is 16.2. The van der Waals surface area contributed by atoms with Crippen LogP contribution in [0.15, 0.2) is 12.1 Å². The van der Waals surface area contributed by atoms with Gasteiger partial charge in [-0.1, -0.05) is 13.8 Å². The fourth-order valence-electron chi connectivity index (χ4n) is 2.09. The number of aromatic hydroxyl groups is 1. The smallest absolute Gasteiger partial charge is 0.221 e. The van der Waals surface area contributed by atoms with Gasteiger partial charge in [0, 0.05) is 30.3 Å². The van der Waals surface area contributed by atoms with Crippen LogP contribution in [0.25, 0.3) is 0 Å². The summed E-state index contributed by atoms with van der Waals surface area (Å²) in [5, 5.41) is 16.7. The molecule has 4 nitrogen and oxygen atoms in total. The maximum Gasteiger partial charge on any atom is 0.221 e. The quantitative estimate of drug-likeness (QED) is 0.724. The van der Waals surface area contributed by atoms with Crippen molar-refractivity contribution in [2.24, 2.45) is 0 Å². The first kappa shape index (κ1) is 17.5. The van der Waals surface area contributed by atoms with Gasteiger partial charge in [-0.25, -0.2) is 0 Å². The average Bonchev–Trinajstić information content (AvgIpc) is 2.36. The molecule has 3 N–H and O–H groups in total. The van der Waals surface area contributed by atoms with Crippen molar-refractivity contribution in [1.29, 1.82) is 0 Å². The number of rotatable bonds is 5. The first-order chi connectivity index (χ1) is 9.64. The Morgan fingerprint density at radius 2 is 1.95 bits per heavy atom. The van der Waals surface area contributed by atoms with E-state index in [2.05, 4.69) is 45.3 Å². The first-order valence-corrected chi connectivity index (χ1v) is 7.52. The number of phenols is 1. The SMILES string of the molecule is CCC(C)c1cc(NC(C)=O)cc(CNC(C)(C)C)c1O. The largest absolute Gasteiger partial charge is 0.507 e. The van der Waals surface area contributed by atoms with E-state index in [9.17, 15) is 9.90 Å². The van der Waals surface area contributed by atoms with Crippen molar-refractivity contribution < 1.29 is 9.90 Å². The van der Waals surface area contributed by atoms with Gasteiger partial charge in [0.2, 0.25) is 5.91 Å². The van der Waals surface area contributed by atoms with Crippen molar-refractivity contribution in [3.05, 3.63) is 23.3 Å². The molecule has 0 aromatic heterocycles. The molecule has 0 spiro atoms. The van der Waals surface area contributed by atoms with Gasteiger partial charge < -0.3 is 15.7 Å². The molecule has 21 heavy (non-hydrogen) atoms. The molecule has 0 heterocycles. The zero-order valence-electron chi connectivity index (χ0n) is 14.0. The van der Waals surface area contributed by atoms with Crippen LogP contribution in [0.3, 0.4) is 0 Å². The molecule has 0 aliphatic heterocycles. The number of phenolic OH excluding ortho intramolecular Hbond substituents is 1. The Morgan fingerprint density at radius 3 is 2.43 bits per heavy atom. The number of carbonyl (C=O) groups excluding carboxylic acids is 1. The molecule has 0 aliphatic carbocycles. The Balaban J connectivity index is 3.17. The van der Waals surface area contributed by atoms with E-state index < -0.39 is 0 Å². The van der Waals surface area contributed by atoms with Gasteiger partial charge in [-0.15, -0.1) is 0 Å². The van der Waals surface area contributed by atoms with Crippen molar-refractivity contribution in [3.8, 4) is 5.75 Å². The van der Waals surface area contributed by atoms with E-state index in [0.717, 1.165) is 23.2 Å². The normalized spacial score (nSPS) is 13.0. The average molecular weight is 292 g/mol. The molecule has 1 aromatic rings. The lowest BCUT2D eigenvalue weighted by Gasteiger charge is -2.23. The summed E-state index contributed by atoms with van der Waals surface area (Å²) in [6, 6.07) is 3.70. The summed E-state index contributed by atoms with van der Waals surface area (Å²) in [5.74, 6) is 0.466. The van der Waals surface area contributed by atoms with Crippen molar-refractivity contribution in [1.82, 2.24) is 5.32 Å². The summed E-state index contributed by atoms with van der Waals surface area (Å²) >= 11 is 0. The molecule has 0 saturated carbocycles. The van der Waals surface area contributed by atoms with E-state index in [-0.39, 0.29) is 17.4 Å². The number of anilines is 1. The Hall–Kier alpha value is -1.55. The minimum atomic E-state index is -0.106. The molecular formula is C17H28N2O2. The third-order valence-corrected chi connectivity index (χ3v) is 3.49. The van der Waals surface area contributed by atoms with Crippen LogP contribution in [0.5, 0.6) is 5.75 Å². The standard InChI is InChI=1S/C17H28N2O2/c1-7-11(2)15-9-14(19-12(3)20)8-13(16(15)21)10-18-17(4,5)6/h8-9,11,18,21H,7,10H2,1-6H3,(H,19,20). The lowest BCUT2D eigenvalue weighted by molar-refractivity contribution is -0.114. The number of hydrogen-bond acceptors (Lipinski definition) is 3. The van der Waals surface area contributed by atoms with Crippen LogP contribution < -0.4 is 10.6 Å². The lowest BCUT2D eigenvalue weighted by Crippen LogP contribution is -2.35. The minimum Gasteiger partial charge on any atom is -0.507 e. The summed E-state index contributed by atoms with van der Waals surface area (Å²) in [6.45, 7) is 12.5. The van der Waals surface area contributed by atoms with Crippen molar-refractivity contribution in [3.63, 3.8) is 0 Å². The summed E-state index contributed by atoms with van der Waals surface area (Å²) in [6.07, 6.45) is 0.934. The Labute approximate surface area is 128 Å². The van der Waals surface area contributed by atoms with Gasteiger partial charge in [-0.3, -0.25) is 4.79 Å². The highest BCUT2D eigenvalue weighted by atomic mass is 16.3. The molecule has 0 fully saturated rings. The highest BCUT2D eigenvalue weighted by Crippen LogP contribution is 2.34. The third-order valence-electron chi connectivity index (χ3n) is 3.49. The summed E-state index contributed by atoms with van der Waals surface area (Å²) in [7, 11) is 0.